The van der Waals surface area contributed by atoms with Gasteiger partial charge in [0.15, 0.2) is 5.82 Å². The molecule has 118 valence electrons. The summed E-state index contributed by atoms with van der Waals surface area (Å²) in [6.45, 7) is 5.40. The van der Waals surface area contributed by atoms with Gasteiger partial charge in [0, 0.05) is 13.7 Å². The Hall–Kier alpha value is -0.470. The van der Waals surface area contributed by atoms with Gasteiger partial charge in [-0.05, 0) is 61.1 Å². The summed E-state index contributed by atoms with van der Waals surface area (Å²) < 4.78 is 12.2. The van der Waals surface area contributed by atoms with E-state index in [1.165, 1.54) is 0 Å². The standard InChI is InChI=1S/C15H24IN3O2/c1-4-21-15(7-5-10(2)6-8-15)14-18-11(9-20-3)12(16)13(17)19-14/h10H,4-9H2,1-3H3,(H2,17,18,19). The van der Waals surface area contributed by atoms with Crippen LogP contribution in [0.1, 0.15) is 51.0 Å². The minimum Gasteiger partial charge on any atom is -0.383 e. The minimum absolute atomic E-state index is 0.387. The molecule has 0 radical (unpaired) electrons. The maximum absolute atomic E-state index is 6.11. The predicted octanol–water partition coefficient (Wildman–Crippen LogP) is 3.25. The molecule has 1 saturated carbocycles. The lowest BCUT2D eigenvalue weighted by Crippen LogP contribution is -2.37. The summed E-state index contributed by atoms with van der Waals surface area (Å²) >= 11 is 2.17. The van der Waals surface area contributed by atoms with Crippen LogP contribution in [0.3, 0.4) is 0 Å². The van der Waals surface area contributed by atoms with Crippen LogP contribution in [0.5, 0.6) is 0 Å². The highest BCUT2D eigenvalue weighted by Crippen LogP contribution is 2.41. The third-order valence-corrected chi connectivity index (χ3v) is 5.31. The normalized spacial score (nSPS) is 26.0. The first-order valence-corrected chi connectivity index (χ1v) is 8.55. The lowest BCUT2D eigenvalue weighted by Gasteiger charge is -2.38. The van der Waals surface area contributed by atoms with Gasteiger partial charge in [0.2, 0.25) is 0 Å². The topological polar surface area (TPSA) is 70.3 Å². The van der Waals surface area contributed by atoms with Gasteiger partial charge in [-0.3, -0.25) is 0 Å². The van der Waals surface area contributed by atoms with Crippen molar-refractivity contribution in [1.82, 2.24) is 9.97 Å². The molecule has 0 atom stereocenters. The Kier molecular flexibility index (Phi) is 5.79. The van der Waals surface area contributed by atoms with E-state index < -0.39 is 0 Å². The van der Waals surface area contributed by atoms with Crippen molar-refractivity contribution in [1.29, 1.82) is 0 Å². The zero-order chi connectivity index (χ0) is 15.5. The smallest absolute Gasteiger partial charge is 0.163 e. The zero-order valence-corrected chi connectivity index (χ0v) is 15.1. The van der Waals surface area contributed by atoms with Crippen LogP contribution < -0.4 is 5.73 Å². The number of anilines is 1. The van der Waals surface area contributed by atoms with Crippen LogP contribution in [0.4, 0.5) is 5.82 Å². The summed E-state index contributed by atoms with van der Waals surface area (Å²) in [6.07, 6.45) is 4.17. The number of nitrogens with two attached hydrogens (primary N) is 1. The van der Waals surface area contributed by atoms with Crippen molar-refractivity contribution in [3.63, 3.8) is 0 Å². The molecule has 1 aromatic heterocycles. The fourth-order valence-corrected chi connectivity index (χ4v) is 3.28. The molecule has 1 heterocycles. The summed E-state index contributed by atoms with van der Waals surface area (Å²) in [7, 11) is 1.66. The first kappa shape index (κ1) is 16.9. The maximum Gasteiger partial charge on any atom is 0.163 e. The molecule has 1 aliphatic carbocycles. The molecule has 1 fully saturated rings. The molecule has 1 aliphatic rings. The first-order chi connectivity index (χ1) is 10.0. The number of ether oxygens (including phenoxy) is 2. The number of rotatable bonds is 5. The third-order valence-electron chi connectivity index (χ3n) is 4.14. The Morgan fingerprint density at radius 2 is 2.00 bits per heavy atom. The van der Waals surface area contributed by atoms with Crippen molar-refractivity contribution >= 4 is 28.4 Å². The number of hydrogen-bond donors (Lipinski definition) is 1. The number of methoxy groups -OCH3 is 1. The number of hydrogen-bond acceptors (Lipinski definition) is 5. The predicted molar refractivity (Wildman–Crippen MR) is 90.8 cm³/mol. The molecule has 5 nitrogen and oxygen atoms in total. The van der Waals surface area contributed by atoms with Crippen LogP contribution in [0.2, 0.25) is 0 Å². The molecular formula is C15H24IN3O2. The summed E-state index contributed by atoms with van der Waals surface area (Å²) in [5.74, 6) is 1.98. The fraction of sp³-hybridized carbons (Fsp3) is 0.733. The van der Waals surface area contributed by atoms with E-state index in [1.54, 1.807) is 7.11 Å². The molecule has 0 bridgehead atoms. The Bertz CT molecular complexity index is 488. The van der Waals surface area contributed by atoms with E-state index in [1.807, 2.05) is 6.92 Å². The van der Waals surface area contributed by atoms with Crippen LogP contribution in [0.25, 0.3) is 0 Å². The number of halogens is 1. The van der Waals surface area contributed by atoms with Gasteiger partial charge in [-0.1, -0.05) is 6.92 Å². The van der Waals surface area contributed by atoms with Crippen LogP contribution in [-0.2, 0) is 21.7 Å². The summed E-state index contributed by atoms with van der Waals surface area (Å²) in [6, 6.07) is 0. The van der Waals surface area contributed by atoms with Gasteiger partial charge in [0.25, 0.3) is 0 Å². The molecule has 0 spiro atoms. The molecule has 0 aliphatic heterocycles. The second kappa shape index (κ2) is 7.19. The molecule has 1 aromatic rings. The van der Waals surface area contributed by atoms with Gasteiger partial charge in [-0.15, -0.1) is 0 Å². The largest absolute Gasteiger partial charge is 0.383 e. The van der Waals surface area contributed by atoms with E-state index in [0.717, 1.165) is 46.7 Å². The quantitative estimate of drug-likeness (QED) is 0.762. The highest BCUT2D eigenvalue weighted by molar-refractivity contribution is 14.1. The van der Waals surface area contributed by atoms with E-state index >= 15 is 0 Å². The van der Waals surface area contributed by atoms with Crippen molar-refractivity contribution in [2.75, 3.05) is 19.5 Å². The van der Waals surface area contributed by atoms with Crippen LogP contribution >= 0.6 is 22.6 Å². The van der Waals surface area contributed by atoms with Crippen molar-refractivity contribution in [2.45, 2.75) is 51.7 Å². The van der Waals surface area contributed by atoms with Gasteiger partial charge in [-0.2, -0.15) is 0 Å². The Morgan fingerprint density at radius 1 is 1.33 bits per heavy atom. The Balaban J connectivity index is 2.40. The highest BCUT2D eigenvalue weighted by Gasteiger charge is 2.40. The monoisotopic (exact) mass is 405 g/mol. The SMILES string of the molecule is CCOC1(c2nc(N)c(I)c(COC)n2)CCC(C)CC1. The fourth-order valence-electron chi connectivity index (χ4n) is 2.89. The zero-order valence-electron chi connectivity index (χ0n) is 13.0. The van der Waals surface area contributed by atoms with Gasteiger partial charge in [0.1, 0.15) is 11.4 Å². The van der Waals surface area contributed by atoms with E-state index in [9.17, 15) is 0 Å². The van der Waals surface area contributed by atoms with E-state index in [0.29, 0.717) is 19.0 Å². The summed E-state index contributed by atoms with van der Waals surface area (Å²) in [4.78, 5) is 9.25. The van der Waals surface area contributed by atoms with Crippen molar-refractivity contribution < 1.29 is 9.47 Å². The van der Waals surface area contributed by atoms with E-state index in [4.69, 9.17) is 20.2 Å². The maximum atomic E-state index is 6.11. The molecule has 2 N–H and O–H groups in total. The summed E-state index contributed by atoms with van der Waals surface area (Å²) in [5.41, 5.74) is 6.53. The minimum atomic E-state index is -0.387. The third kappa shape index (κ3) is 3.65. The first-order valence-electron chi connectivity index (χ1n) is 7.47. The molecule has 0 saturated heterocycles. The van der Waals surface area contributed by atoms with Gasteiger partial charge in [0.05, 0.1) is 15.9 Å². The number of nitrogen functional groups attached to an aromatic ring is 1. The molecule has 0 amide bonds. The van der Waals surface area contributed by atoms with Crippen LogP contribution in [0.15, 0.2) is 0 Å². The molecular weight excluding hydrogens is 381 g/mol. The lowest BCUT2D eigenvalue weighted by molar-refractivity contribution is -0.0838. The molecule has 21 heavy (non-hydrogen) atoms. The highest BCUT2D eigenvalue weighted by atomic mass is 127. The van der Waals surface area contributed by atoms with Crippen molar-refractivity contribution in [2.24, 2.45) is 5.92 Å². The molecule has 6 heteroatoms. The lowest BCUT2D eigenvalue weighted by atomic mass is 9.78. The van der Waals surface area contributed by atoms with Crippen LogP contribution in [0, 0.1) is 9.49 Å². The van der Waals surface area contributed by atoms with Crippen molar-refractivity contribution in [3.8, 4) is 0 Å². The average Bonchev–Trinajstić information content (AvgIpc) is 2.47. The number of aromatic nitrogens is 2. The molecule has 0 unspecified atom stereocenters. The van der Waals surface area contributed by atoms with Crippen LogP contribution in [-0.4, -0.2) is 23.7 Å². The van der Waals surface area contributed by atoms with Gasteiger partial charge < -0.3 is 15.2 Å². The Labute approximate surface area is 140 Å². The second-order valence-corrected chi connectivity index (χ2v) is 6.81. The van der Waals surface area contributed by atoms with Crippen molar-refractivity contribution in [3.05, 3.63) is 15.1 Å². The molecule has 0 aromatic carbocycles. The van der Waals surface area contributed by atoms with Gasteiger partial charge in [-0.25, -0.2) is 9.97 Å². The van der Waals surface area contributed by atoms with Gasteiger partial charge >= 0.3 is 0 Å². The number of nitrogens with zero attached hydrogens (tertiary/aromatic N) is 2. The van der Waals surface area contributed by atoms with E-state index in [2.05, 4.69) is 34.5 Å². The molecule has 2 rings (SSSR count). The second-order valence-electron chi connectivity index (χ2n) is 5.74. The summed E-state index contributed by atoms with van der Waals surface area (Å²) in [5, 5.41) is 0. The van der Waals surface area contributed by atoms with E-state index in [-0.39, 0.29) is 5.60 Å². The Morgan fingerprint density at radius 3 is 2.57 bits per heavy atom. The average molecular weight is 405 g/mol.